The molecule has 0 N–H and O–H groups in total. The van der Waals surface area contributed by atoms with Crippen molar-refractivity contribution >= 4 is 28.5 Å². The fourth-order valence-electron chi connectivity index (χ4n) is 4.01. The van der Waals surface area contributed by atoms with Crippen LogP contribution in [0.2, 0.25) is 0 Å². The number of aromatic nitrogens is 1. The van der Waals surface area contributed by atoms with Crippen LogP contribution in [0.25, 0.3) is 10.9 Å². The number of rotatable bonds is 5. The van der Waals surface area contributed by atoms with Crippen molar-refractivity contribution in [3.05, 3.63) is 71.4 Å². The Kier molecular flexibility index (Phi) is 5.30. The standard InChI is InChI=1S/C24H24N2O3/c1-3-26(17-10-5-4-6-11-17)23(27)16(2)29-24(28)22-18-12-7-8-14-20(18)25-21-15-9-13-19(21)22/h4-8,10-12,14,16H,3,9,13,15H2,1-2H3/t16-/m0/s1. The lowest BCUT2D eigenvalue weighted by molar-refractivity contribution is -0.126. The third kappa shape index (κ3) is 3.60. The van der Waals surface area contributed by atoms with Crippen molar-refractivity contribution in [3.63, 3.8) is 0 Å². The maximum atomic E-state index is 13.2. The van der Waals surface area contributed by atoms with Crippen LogP contribution < -0.4 is 4.90 Å². The minimum absolute atomic E-state index is 0.234. The summed E-state index contributed by atoms with van der Waals surface area (Å²) in [6.07, 6.45) is 1.77. The smallest absolute Gasteiger partial charge is 0.339 e. The molecule has 1 aromatic heterocycles. The molecule has 148 valence electrons. The van der Waals surface area contributed by atoms with Crippen LogP contribution in [-0.4, -0.2) is 29.5 Å². The first-order chi connectivity index (χ1) is 14.1. The SMILES string of the molecule is CCN(C(=O)[C@H](C)OC(=O)c1c2c(nc3ccccc13)CCC2)c1ccccc1. The van der Waals surface area contributed by atoms with Crippen LogP contribution in [0.4, 0.5) is 5.69 Å². The normalized spacial score (nSPS) is 13.7. The number of fused-ring (bicyclic) bond motifs is 2. The van der Waals surface area contributed by atoms with Gasteiger partial charge in [-0.25, -0.2) is 4.79 Å². The van der Waals surface area contributed by atoms with Gasteiger partial charge in [-0.2, -0.15) is 0 Å². The number of hydrogen-bond donors (Lipinski definition) is 0. The fourth-order valence-corrected chi connectivity index (χ4v) is 4.01. The van der Waals surface area contributed by atoms with Crippen LogP contribution in [0.1, 0.15) is 41.9 Å². The number of amides is 1. The highest BCUT2D eigenvalue weighted by atomic mass is 16.5. The van der Waals surface area contributed by atoms with Crippen LogP contribution in [0.3, 0.4) is 0 Å². The van der Waals surface area contributed by atoms with E-state index in [-0.39, 0.29) is 5.91 Å². The number of aryl methyl sites for hydroxylation is 1. The molecule has 1 heterocycles. The summed E-state index contributed by atoms with van der Waals surface area (Å²) in [6.45, 7) is 4.04. The Balaban J connectivity index is 1.62. The van der Waals surface area contributed by atoms with Crippen molar-refractivity contribution in [2.24, 2.45) is 0 Å². The Morgan fingerprint density at radius 2 is 1.79 bits per heavy atom. The number of pyridine rings is 1. The summed E-state index contributed by atoms with van der Waals surface area (Å²) in [6, 6.07) is 17.0. The third-order valence-corrected chi connectivity index (χ3v) is 5.41. The molecular weight excluding hydrogens is 364 g/mol. The minimum Gasteiger partial charge on any atom is -0.449 e. The van der Waals surface area contributed by atoms with E-state index in [0.717, 1.165) is 47.1 Å². The van der Waals surface area contributed by atoms with Gasteiger partial charge in [0.2, 0.25) is 0 Å². The molecule has 29 heavy (non-hydrogen) atoms. The van der Waals surface area contributed by atoms with Crippen LogP contribution in [0, 0.1) is 0 Å². The number of benzene rings is 2. The lowest BCUT2D eigenvalue weighted by Gasteiger charge is -2.24. The molecule has 0 saturated carbocycles. The summed E-state index contributed by atoms with van der Waals surface area (Å²) in [4.78, 5) is 32.5. The van der Waals surface area contributed by atoms with E-state index in [1.807, 2.05) is 61.5 Å². The molecule has 5 heteroatoms. The van der Waals surface area contributed by atoms with Gasteiger partial charge in [0.25, 0.3) is 5.91 Å². The van der Waals surface area contributed by atoms with Crippen LogP contribution in [0.15, 0.2) is 54.6 Å². The lowest BCUT2D eigenvalue weighted by atomic mass is 10.0. The second kappa shape index (κ2) is 8.03. The van der Waals surface area contributed by atoms with Crippen molar-refractivity contribution in [1.82, 2.24) is 4.98 Å². The second-order valence-corrected chi connectivity index (χ2v) is 7.25. The topological polar surface area (TPSA) is 59.5 Å². The van der Waals surface area contributed by atoms with Gasteiger partial charge < -0.3 is 9.64 Å². The number of esters is 1. The number of para-hydroxylation sites is 2. The van der Waals surface area contributed by atoms with Gasteiger partial charge in [-0.3, -0.25) is 9.78 Å². The molecule has 1 amide bonds. The summed E-state index contributed by atoms with van der Waals surface area (Å²) >= 11 is 0. The van der Waals surface area contributed by atoms with Crippen molar-refractivity contribution in [3.8, 4) is 0 Å². The molecule has 0 unspecified atom stereocenters. The maximum absolute atomic E-state index is 13.2. The van der Waals surface area contributed by atoms with Crippen LogP contribution in [0.5, 0.6) is 0 Å². The average molecular weight is 388 g/mol. The molecule has 0 bridgehead atoms. The highest BCUT2D eigenvalue weighted by Crippen LogP contribution is 2.30. The first-order valence-corrected chi connectivity index (χ1v) is 10.1. The lowest BCUT2D eigenvalue weighted by Crippen LogP contribution is -2.40. The largest absolute Gasteiger partial charge is 0.449 e. The number of carbonyl (C=O) groups is 2. The van der Waals surface area contributed by atoms with E-state index in [2.05, 4.69) is 0 Å². The molecule has 2 aromatic carbocycles. The highest BCUT2D eigenvalue weighted by molar-refractivity contribution is 6.06. The van der Waals surface area contributed by atoms with E-state index in [1.54, 1.807) is 11.8 Å². The van der Waals surface area contributed by atoms with Gasteiger partial charge in [0.05, 0.1) is 11.1 Å². The predicted molar refractivity (Wildman–Crippen MR) is 113 cm³/mol. The molecular formula is C24H24N2O3. The molecule has 3 aromatic rings. The summed E-state index contributed by atoms with van der Waals surface area (Å²) in [5, 5.41) is 0.785. The number of ether oxygens (including phenoxy) is 1. The molecule has 1 aliphatic carbocycles. The Hall–Kier alpha value is -3.21. The summed E-state index contributed by atoms with van der Waals surface area (Å²) in [5.74, 6) is -0.686. The molecule has 0 saturated heterocycles. The second-order valence-electron chi connectivity index (χ2n) is 7.25. The Morgan fingerprint density at radius 1 is 1.07 bits per heavy atom. The average Bonchev–Trinajstić information content (AvgIpc) is 3.21. The zero-order valence-electron chi connectivity index (χ0n) is 16.7. The van der Waals surface area contributed by atoms with E-state index in [9.17, 15) is 9.59 Å². The molecule has 0 radical (unpaired) electrons. The van der Waals surface area contributed by atoms with Crippen LogP contribution in [-0.2, 0) is 22.4 Å². The molecule has 4 rings (SSSR count). The number of hydrogen-bond acceptors (Lipinski definition) is 4. The molecule has 1 aliphatic rings. The summed E-state index contributed by atoms with van der Waals surface area (Å²) in [5.41, 5.74) is 4.07. The van der Waals surface area contributed by atoms with Gasteiger partial charge in [-0.05, 0) is 56.9 Å². The predicted octanol–water partition coefficient (Wildman–Crippen LogP) is 4.32. The number of carbonyl (C=O) groups excluding carboxylic acids is 2. The van der Waals surface area contributed by atoms with Gasteiger partial charge >= 0.3 is 5.97 Å². The third-order valence-electron chi connectivity index (χ3n) is 5.41. The summed E-state index contributed by atoms with van der Waals surface area (Å²) < 4.78 is 5.68. The van der Waals surface area contributed by atoms with Crippen molar-refractivity contribution in [2.45, 2.75) is 39.2 Å². The summed E-state index contributed by atoms with van der Waals surface area (Å²) in [7, 11) is 0. The Labute approximate surface area is 170 Å². The maximum Gasteiger partial charge on any atom is 0.339 e. The molecule has 0 spiro atoms. The van der Waals surface area contributed by atoms with E-state index in [0.29, 0.717) is 12.1 Å². The quantitative estimate of drug-likeness (QED) is 0.611. The monoisotopic (exact) mass is 388 g/mol. The number of likely N-dealkylation sites (N-methyl/N-ethyl adjacent to an activating group) is 1. The minimum atomic E-state index is -0.883. The zero-order chi connectivity index (χ0) is 20.4. The molecule has 5 nitrogen and oxygen atoms in total. The van der Waals surface area contributed by atoms with E-state index < -0.39 is 12.1 Å². The van der Waals surface area contributed by atoms with E-state index >= 15 is 0 Å². The highest BCUT2D eigenvalue weighted by Gasteiger charge is 2.29. The number of nitrogens with zero attached hydrogens (tertiary/aromatic N) is 2. The van der Waals surface area contributed by atoms with Gasteiger partial charge in [0, 0.05) is 23.3 Å². The van der Waals surface area contributed by atoms with Crippen molar-refractivity contribution < 1.29 is 14.3 Å². The zero-order valence-corrected chi connectivity index (χ0v) is 16.7. The number of anilines is 1. The first kappa shape index (κ1) is 19.1. The molecule has 0 fully saturated rings. The Bertz CT molecular complexity index is 1060. The van der Waals surface area contributed by atoms with Gasteiger partial charge in [0.1, 0.15) is 0 Å². The van der Waals surface area contributed by atoms with E-state index in [4.69, 9.17) is 9.72 Å². The molecule has 1 atom stereocenters. The van der Waals surface area contributed by atoms with Crippen LogP contribution >= 0.6 is 0 Å². The van der Waals surface area contributed by atoms with Crippen molar-refractivity contribution in [2.75, 3.05) is 11.4 Å². The van der Waals surface area contributed by atoms with Gasteiger partial charge in [0.15, 0.2) is 6.10 Å². The van der Waals surface area contributed by atoms with E-state index in [1.165, 1.54) is 0 Å². The van der Waals surface area contributed by atoms with Gasteiger partial charge in [-0.15, -0.1) is 0 Å². The van der Waals surface area contributed by atoms with Gasteiger partial charge in [-0.1, -0.05) is 36.4 Å². The molecule has 0 aliphatic heterocycles. The Morgan fingerprint density at radius 3 is 2.55 bits per heavy atom. The fraction of sp³-hybridized carbons (Fsp3) is 0.292. The van der Waals surface area contributed by atoms with Crippen molar-refractivity contribution in [1.29, 1.82) is 0 Å². The first-order valence-electron chi connectivity index (χ1n) is 10.1.